The first-order valence-electron chi connectivity index (χ1n) is 5.41. The second-order valence-electron chi connectivity index (χ2n) is 4.10. The molecule has 16 heavy (non-hydrogen) atoms. The van der Waals surface area contributed by atoms with E-state index in [1.807, 2.05) is 38.1 Å². The van der Waals surface area contributed by atoms with Crippen molar-refractivity contribution in [2.75, 3.05) is 5.32 Å². The monoisotopic (exact) mass is 217 g/mol. The van der Waals surface area contributed by atoms with Crippen LogP contribution in [-0.2, 0) is 16.0 Å². The molecule has 0 fully saturated rings. The second-order valence-corrected chi connectivity index (χ2v) is 4.10. The van der Waals surface area contributed by atoms with Gasteiger partial charge in [-0.3, -0.25) is 0 Å². The molecular weight excluding hydrogens is 202 g/mol. The third-order valence-electron chi connectivity index (χ3n) is 2.41. The Morgan fingerprint density at radius 3 is 2.88 bits per heavy atom. The quantitative estimate of drug-likeness (QED) is 0.773. The Kier molecular flexibility index (Phi) is 2.95. The van der Waals surface area contributed by atoms with Crippen molar-refractivity contribution in [2.24, 2.45) is 0 Å². The summed E-state index contributed by atoms with van der Waals surface area (Å²) in [7, 11) is 0. The lowest BCUT2D eigenvalue weighted by atomic mass is 10.0. The maximum Gasteiger partial charge on any atom is 0.336 e. The minimum atomic E-state index is -0.239. The molecule has 0 radical (unpaired) electrons. The number of anilines is 1. The van der Waals surface area contributed by atoms with Crippen LogP contribution < -0.4 is 5.32 Å². The van der Waals surface area contributed by atoms with Crippen molar-refractivity contribution in [2.45, 2.75) is 26.4 Å². The van der Waals surface area contributed by atoms with Gasteiger partial charge in [0.25, 0.3) is 0 Å². The first kappa shape index (κ1) is 10.7. The van der Waals surface area contributed by atoms with Gasteiger partial charge < -0.3 is 10.1 Å². The summed E-state index contributed by atoms with van der Waals surface area (Å²) in [6.07, 6.45) is 2.28. The minimum absolute atomic E-state index is 0.0782. The SMILES string of the molecule is CC(C)OC(=O)C1=CNc2ccccc2C1. The van der Waals surface area contributed by atoms with E-state index in [4.69, 9.17) is 4.74 Å². The Morgan fingerprint density at radius 1 is 1.38 bits per heavy atom. The van der Waals surface area contributed by atoms with Gasteiger partial charge in [0.2, 0.25) is 0 Å². The maximum atomic E-state index is 11.7. The number of carbonyl (C=O) groups is 1. The molecule has 1 heterocycles. The summed E-state index contributed by atoms with van der Waals surface area (Å²) in [6.45, 7) is 3.70. The molecule has 0 spiro atoms. The van der Waals surface area contributed by atoms with Gasteiger partial charge in [0, 0.05) is 18.3 Å². The number of fused-ring (bicyclic) bond motifs is 1. The highest BCUT2D eigenvalue weighted by molar-refractivity contribution is 5.90. The lowest BCUT2D eigenvalue weighted by Gasteiger charge is -2.18. The Hall–Kier alpha value is -1.77. The average Bonchev–Trinajstić information content (AvgIpc) is 2.27. The Bertz CT molecular complexity index is 435. The molecule has 1 aromatic carbocycles. The normalized spacial score (nSPS) is 13.8. The highest BCUT2D eigenvalue weighted by Crippen LogP contribution is 2.23. The summed E-state index contributed by atoms with van der Waals surface area (Å²) >= 11 is 0. The largest absolute Gasteiger partial charge is 0.460 e. The number of benzene rings is 1. The summed E-state index contributed by atoms with van der Waals surface area (Å²) in [5, 5.41) is 3.10. The van der Waals surface area contributed by atoms with Crippen molar-refractivity contribution in [3.05, 3.63) is 41.6 Å². The lowest BCUT2D eigenvalue weighted by molar-refractivity contribution is -0.142. The molecule has 1 aliphatic heterocycles. The number of ether oxygens (including phenoxy) is 1. The minimum Gasteiger partial charge on any atom is -0.460 e. The van der Waals surface area contributed by atoms with E-state index in [1.165, 1.54) is 0 Å². The van der Waals surface area contributed by atoms with Crippen LogP contribution in [0.15, 0.2) is 36.0 Å². The molecule has 84 valence electrons. The van der Waals surface area contributed by atoms with Crippen LogP contribution in [0.5, 0.6) is 0 Å². The van der Waals surface area contributed by atoms with Crippen molar-refractivity contribution in [3.8, 4) is 0 Å². The molecule has 0 aromatic heterocycles. The maximum absolute atomic E-state index is 11.7. The fourth-order valence-corrected chi connectivity index (χ4v) is 1.66. The highest BCUT2D eigenvalue weighted by Gasteiger charge is 2.18. The molecule has 2 rings (SSSR count). The number of hydrogen-bond donors (Lipinski definition) is 1. The summed E-state index contributed by atoms with van der Waals surface area (Å²) in [4.78, 5) is 11.7. The number of carbonyl (C=O) groups excluding carboxylic acids is 1. The third kappa shape index (κ3) is 2.24. The molecule has 0 amide bonds. The fraction of sp³-hybridized carbons (Fsp3) is 0.308. The smallest absolute Gasteiger partial charge is 0.336 e. The molecule has 0 aliphatic carbocycles. The van der Waals surface area contributed by atoms with Crippen LogP contribution in [0.4, 0.5) is 5.69 Å². The second kappa shape index (κ2) is 4.39. The fourth-order valence-electron chi connectivity index (χ4n) is 1.66. The molecule has 3 nitrogen and oxygen atoms in total. The van der Waals surface area contributed by atoms with Crippen LogP contribution in [0.1, 0.15) is 19.4 Å². The van der Waals surface area contributed by atoms with Gasteiger partial charge in [-0.05, 0) is 25.5 Å². The number of nitrogens with one attached hydrogen (secondary N) is 1. The van der Waals surface area contributed by atoms with Gasteiger partial charge in [0.05, 0.1) is 11.7 Å². The van der Waals surface area contributed by atoms with Gasteiger partial charge in [-0.2, -0.15) is 0 Å². The van der Waals surface area contributed by atoms with E-state index >= 15 is 0 Å². The van der Waals surface area contributed by atoms with Gasteiger partial charge in [-0.15, -0.1) is 0 Å². The van der Waals surface area contributed by atoms with Crippen molar-refractivity contribution in [3.63, 3.8) is 0 Å². The number of rotatable bonds is 2. The van der Waals surface area contributed by atoms with E-state index in [0.717, 1.165) is 11.3 Å². The third-order valence-corrected chi connectivity index (χ3v) is 2.41. The average molecular weight is 217 g/mol. The van der Waals surface area contributed by atoms with Crippen molar-refractivity contribution < 1.29 is 9.53 Å². The Labute approximate surface area is 95.1 Å². The van der Waals surface area contributed by atoms with E-state index in [1.54, 1.807) is 6.20 Å². The molecule has 0 atom stereocenters. The lowest BCUT2D eigenvalue weighted by Crippen LogP contribution is -2.18. The van der Waals surface area contributed by atoms with E-state index in [9.17, 15) is 4.79 Å². The molecule has 1 aliphatic rings. The van der Waals surface area contributed by atoms with Gasteiger partial charge in [-0.1, -0.05) is 18.2 Å². The van der Waals surface area contributed by atoms with Crippen molar-refractivity contribution in [1.82, 2.24) is 0 Å². The standard InChI is InChI=1S/C13H15NO2/c1-9(2)16-13(15)11-7-10-5-3-4-6-12(10)14-8-11/h3-6,8-9,14H,7H2,1-2H3. The predicted molar refractivity (Wildman–Crippen MR) is 63.1 cm³/mol. The summed E-state index contributed by atoms with van der Waals surface area (Å²) < 4.78 is 5.16. The van der Waals surface area contributed by atoms with Crippen LogP contribution in [0.25, 0.3) is 0 Å². The van der Waals surface area contributed by atoms with E-state index in [-0.39, 0.29) is 12.1 Å². The molecule has 0 saturated heterocycles. The van der Waals surface area contributed by atoms with E-state index < -0.39 is 0 Å². The van der Waals surface area contributed by atoms with E-state index in [2.05, 4.69) is 5.32 Å². The highest BCUT2D eigenvalue weighted by atomic mass is 16.5. The summed E-state index contributed by atoms with van der Waals surface area (Å²) in [5.41, 5.74) is 2.86. The number of esters is 1. The number of para-hydroxylation sites is 1. The van der Waals surface area contributed by atoms with Gasteiger partial charge in [0.1, 0.15) is 0 Å². The summed E-state index contributed by atoms with van der Waals surface area (Å²) in [6, 6.07) is 7.95. The first-order chi connectivity index (χ1) is 7.66. The Balaban J connectivity index is 2.12. The zero-order valence-electron chi connectivity index (χ0n) is 9.49. The van der Waals surface area contributed by atoms with Crippen molar-refractivity contribution >= 4 is 11.7 Å². The van der Waals surface area contributed by atoms with Gasteiger partial charge in [-0.25, -0.2) is 4.79 Å². The number of hydrogen-bond acceptors (Lipinski definition) is 3. The van der Waals surface area contributed by atoms with E-state index in [0.29, 0.717) is 12.0 Å². The first-order valence-corrected chi connectivity index (χ1v) is 5.41. The molecule has 0 bridgehead atoms. The van der Waals surface area contributed by atoms with Crippen LogP contribution in [0.3, 0.4) is 0 Å². The molecule has 1 N–H and O–H groups in total. The summed E-state index contributed by atoms with van der Waals surface area (Å²) in [5.74, 6) is -0.239. The van der Waals surface area contributed by atoms with Gasteiger partial charge >= 0.3 is 5.97 Å². The van der Waals surface area contributed by atoms with Crippen LogP contribution in [0.2, 0.25) is 0 Å². The van der Waals surface area contributed by atoms with Gasteiger partial charge in [0.15, 0.2) is 0 Å². The zero-order valence-corrected chi connectivity index (χ0v) is 9.49. The van der Waals surface area contributed by atoms with Crippen molar-refractivity contribution in [1.29, 1.82) is 0 Å². The topological polar surface area (TPSA) is 38.3 Å². The van der Waals surface area contributed by atoms with Crippen LogP contribution in [-0.4, -0.2) is 12.1 Å². The van der Waals surface area contributed by atoms with Crippen LogP contribution >= 0.6 is 0 Å². The molecule has 3 heteroatoms. The Morgan fingerprint density at radius 2 is 2.12 bits per heavy atom. The molecule has 0 saturated carbocycles. The predicted octanol–water partition coefficient (Wildman–Crippen LogP) is 2.49. The van der Waals surface area contributed by atoms with Crippen LogP contribution in [0, 0.1) is 0 Å². The zero-order chi connectivity index (χ0) is 11.5. The molecular formula is C13H15NO2. The molecule has 0 unspecified atom stereocenters. The molecule has 1 aromatic rings.